The molecule has 96 valence electrons. The van der Waals surface area contributed by atoms with Crippen molar-refractivity contribution in [3.8, 4) is 0 Å². The van der Waals surface area contributed by atoms with Gasteiger partial charge in [0.05, 0.1) is 0 Å². The minimum Gasteiger partial charge on any atom is -0.368 e. The average molecular weight is 239 g/mol. The summed E-state index contributed by atoms with van der Waals surface area (Å²) in [5, 5.41) is 6.65. The van der Waals surface area contributed by atoms with Gasteiger partial charge in [-0.3, -0.25) is 4.79 Å². The van der Waals surface area contributed by atoms with Crippen molar-refractivity contribution >= 4 is 5.91 Å². The van der Waals surface area contributed by atoms with Crippen LogP contribution in [-0.4, -0.2) is 24.5 Å². The molecule has 0 spiro atoms. The van der Waals surface area contributed by atoms with Gasteiger partial charge in [0.25, 0.3) is 0 Å². The first kappa shape index (κ1) is 13.8. The highest BCUT2D eigenvalue weighted by Crippen LogP contribution is 2.47. The van der Waals surface area contributed by atoms with E-state index in [1.807, 2.05) is 6.92 Å². The lowest BCUT2D eigenvalue weighted by Gasteiger charge is -2.32. The van der Waals surface area contributed by atoms with Crippen LogP contribution in [0.3, 0.4) is 0 Å². The van der Waals surface area contributed by atoms with E-state index < -0.39 is 5.54 Å². The number of nitrogens with two attached hydrogens (primary N) is 1. The molecule has 3 N–H and O–H groups in total. The van der Waals surface area contributed by atoms with Gasteiger partial charge in [0.2, 0.25) is 5.91 Å². The van der Waals surface area contributed by atoms with Gasteiger partial charge < -0.3 is 11.1 Å². The minimum absolute atomic E-state index is 0.111. The van der Waals surface area contributed by atoms with Crippen molar-refractivity contribution < 1.29 is 4.79 Å². The highest BCUT2D eigenvalue weighted by Gasteiger charge is 2.52. The zero-order valence-electron chi connectivity index (χ0n) is 10.7. The number of azide groups is 1. The average Bonchev–Trinajstić information content (AvgIpc) is 2.44. The first-order valence-electron chi connectivity index (χ1n) is 5.90. The quantitative estimate of drug-likeness (QED) is 0.329. The van der Waals surface area contributed by atoms with E-state index >= 15 is 0 Å². The maximum absolute atomic E-state index is 11.7. The molecule has 6 heteroatoms. The van der Waals surface area contributed by atoms with Crippen molar-refractivity contribution in [1.29, 1.82) is 0 Å². The lowest BCUT2D eigenvalue weighted by molar-refractivity contribution is -0.125. The van der Waals surface area contributed by atoms with Crippen LogP contribution in [0.15, 0.2) is 5.11 Å². The number of nitrogens with one attached hydrogen (secondary N) is 1. The van der Waals surface area contributed by atoms with Crippen molar-refractivity contribution in [1.82, 2.24) is 5.32 Å². The predicted octanol–water partition coefficient (Wildman–Crippen LogP) is 1.57. The topological polar surface area (TPSA) is 104 Å². The normalized spacial score (nSPS) is 30.9. The van der Waals surface area contributed by atoms with Gasteiger partial charge in [-0.1, -0.05) is 25.9 Å². The van der Waals surface area contributed by atoms with Crippen LogP contribution in [0, 0.1) is 11.3 Å². The molecule has 1 aliphatic rings. The van der Waals surface area contributed by atoms with E-state index in [1.54, 1.807) is 0 Å². The first-order valence-corrected chi connectivity index (χ1v) is 5.90. The number of primary amides is 1. The third-order valence-electron chi connectivity index (χ3n) is 3.61. The molecule has 17 heavy (non-hydrogen) atoms. The van der Waals surface area contributed by atoms with Gasteiger partial charge in [0.15, 0.2) is 0 Å². The lowest BCUT2D eigenvalue weighted by atomic mass is 9.85. The van der Waals surface area contributed by atoms with E-state index in [0.717, 1.165) is 12.8 Å². The lowest BCUT2D eigenvalue weighted by Crippen LogP contribution is -2.58. The standard InChI is InChI=1S/C11H21N5O/c1-8-6-10(2,3)7-11(8,9(12)17)14-4-5-15-16-13/h8,14H,4-7H2,1-3H3,(H2,12,17). The summed E-state index contributed by atoms with van der Waals surface area (Å²) in [6, 6.07) is 0. The van der Waals surface area contributed by atoms with Crippen LogP contribution in [0.1, 0.15) is 33.6 Å². The van der Waals surface area contributed by atoms with Gasteiger partial charge in [0.1, 0.15) is 5.54 Å². The van der Waals surface area contributed by atoms with E-state index in [2.05, 4.69) is 29.2 Å². The zero-order chi connectivity index (χ0) is 13.1. The molecule has 0 radical (unpaired) electrons. The molecular weight excluding hydrogens is 218 g/mol. The Morgan fingerprint density at radius 2 is 2.29 bits per heavy atom. The number of nitrogens with zero attached hydrogens (tertiary/aromatic N) is 3. The summed E-state index contributed by atoms with van der Waals surface area (Å²) in [4.78, 5) is 14.4. The Balaban J connectivity index is 2.77. The van der Waals surface area contributed by atoms with E-state index in [0.29, 0.717) is 13.1 Å². The molecule has 0 aromatic carbocycles. The van der Waals surface area contributed by atoms with E-state index in [-0.39, 0.29) is 17.2 Å². The van der Waals surface area contributed by atoms with Gasteiger partial charge >= 0.3 is 0 Å². The van der Waals surface area contributed by atoms with E-state index in [1.165, 1.54) is 0 Å². The molecule has 0 heterocycles. The van der Waals surface area contributed by atoms with Crippen molar-refractivity contribution in [3.05, 3.63) is 10.4 Å². The Hall–Kier alpha value is -1.26. The van der Waals surface area contributed by atoms with Gasteiger partial charge in [-0.05, 0) is 29.7 Å². The summed E-state index contributed by atoms with van der Waals surface area (Å²) in [6.07, 6.45) is 1.69. The molecule has 0 saturated heterocycles. The summed E-state index contributed by atoms with van der Waals surface area (Å²) in [6.45, 7) is 7.14. The fourth-order valence-electron chi connectivity index (χ4n) is 3.03. The van der Waals surface area contributed by atoms with Crippen LogP contribution >= 0.6 is 0 Å². The van der Waals surface area contributed by atoms with Gasteiger partial charge in [0, 0.05) is 18.0 Å². The maximum atomic E-state index is 11.7. The Kier molecular flexibility index (Phi) is 4.01. The van der Waals surface area contributed by atoms with Crippen LogP contribution in [0.4, 0.5) is 0 Å². The Labute approximate surface area is 102 Å². The summed E-state index contributed by atoms with van der Waals surface area (Å²) < 4.78 is 0. The van der Waals surface area contributed by atoms with Crippen molar-refractivity contribution in [2.45, 2.75) is 39.2 Å². The molecular formula is C11H21N5O. The van der Waals surface area contributed by atoms with E-state index in [9.17, 15) is 4.79 Å². The molecule has 1 aliphatic carbocycles. The van der Waals surface area contributed by atoms with Gasteiger partial charge in [-0.2, -0.15) is 0 Å². The number of amides is 1. The number of carbonyl (C=O) groups excluding carboxylic acids is 1. The predicted molar refractivity (Wildman–Crippen MR) is 66.1 cm³/mol. The summed E-state index contributed by atoms with van der Waals surface area (Å²) in [5.41, 5.74) is 13.2. The highest BCUT2D eigenvalue weighted by atomic mass is 16.1. The van der Waals surface area contributed by atoms with Crippen LogP contribution in [-0.2, 0) is 4.79 Å². The van der Waals surface area contributed by atoms with E-state index in [4.69, 9.17) is 11.3 Å². The van der Waals surface area contributed by atoms with Crippen LogP contribution in [0.5, 0.6) is 0 Å². The van der Waals surface area contributed by atoms with Crippen LogP contribution in [0.2, 0.25) is 0 Å². The van der Waals surface area contributed by atoms with Crippen molar-refractivity contribution in [2.75, 3.05) is 13.1 Å². The number of rotatable bonds is 5. The molecule has 1 rings (SSSR count). The second-order valence-corrected chi connectivity index (χ2v) is 5.66. The van der Waals surface area contributed by atoms with Gasteiger partial charge in [-0.25, -0.2) is 0 Å². The molecule has 6 nitrogen and oxygen atoms in total. The third kappa shape index (κ3) is 2.90. The first-order chi connectivity index (χ1) is 7.84. The second kappa shape index (κ2) is 4.94. The fourth-order valence-corrected chi connectivity index (χ4v) is 3.03. The zero-order valence-corrected chi connectivity index (χ0v) is 10.7. The molecule has 0 aliphatic heterocycles. The molecule has 1 amide bonds. The summed E-state index contributed by atoms with van der Waals surface area (Å²) in [5.74, 6) is -0.113. The SMILES string of the molecule is CC1CC(C)(C)CC1(NCCN=[N+]=[N-])C(N)=O. The summed E-state index contributed by atoms with van der Waals surface area (Å²) >= 11 is 0. The molecule has 0 aromatic rings. The number of hydrogen-bond donors (Lipinski definition) is 2. The van der Waals surface area contributed by atoms with Crippen LogP contribution < -0.4 is 11.1 Å². The van der Waals surface area contributed by atoms with Gasteiger partial charge in [-0.15, -0.1) is 0 Å². The Morgan fingerprint density at radius 3 is 2.71 bits per heavy atom. The highest BCUT2D eigenvalue weighted by molar-refractivity contribution is 5.85. The number of hydrogen-bond acceptors (Lipinski definition) is 3. The maximum Gasteiger partial charge on any atom is 0.238 e. The Bertz CT molecular complexity index is 348. The third-order valence-corrected chi connectivity index (χ3v) is 3.61. The number of carbonyl (C=O) groups is 1. The second-order valence-electron chi connectivity index (χ2n) is 5.66. The largest absolute Gasteiger partial charge is 0.368 e. The monoisotopic (exact) mass is 239 g/mol. The molecule has 2 unspecified atom stereocenters. The molecule has 0 bridgehead atoms. The molecule has 2 atom stereocenters. The molecule has 1 fully saturated rings. The minimum atomic E-state index is -0.658. The molecule has 0 aromatic heterocycles. The molecule has 1 saturated carbocycles. The Morgan fingerprint density at radius 1 is 1.65 bits per heavy atom. The fraction of sp³-hybridized carbons (Fsp3) is 0.909. The van der Waals surface area contributed by atoms with Crippen LogP contribution in [0.25, 0.3) is 10.4 Å². The summed E-state index contributed by atoms with van der Waals surface area (Å²) in [7, 11) is 0. The van der Waals surface area contributed by atoms with Crippen molar-refractivity contribution in [2.24, 2.45) is 22.2 Å². The smallest absolute Gasteiger partial charge is 0.238 e. The van der Waals surface area contributed by atoms with Crippen molar-refractivity contribution in [3.63, 3.8) is 0 Å².